The summed E-state index contributed by atoms with van der Waals surface area (Å²) in [6.45, 7) is 0.778. The van der Waals surface area contributed by atoms with Crippen molar-refractivity contribution in [2.45, 2.75) is 0 Å². The maximum absolute atomic E-state index is 4.47. The minimum absolute atomic E-state index is 0.389. The van der Waals surface area contributed by atoms with Gasteiger partial charge in [-0.25, -0.2) is 0 Å². The second kappa shape index (κ2) is 13.5. The summed E-state index contributed by atoms with van der Waals surface area (Å²) < 4.78 is 17.9. The SMILES string of the molecule is COCOC.COCOC.c1ccc2c(-c3cccc4ccccc34)cccc2c1. The molecular weight excluding hydrogens is 376 g/mol. The molecule has 0 amide bonds. The van der Waals surface area contributed by atoms with Crippen LogP contribution in [0.15, 0.2) is 84.9 Å². The van der Waals surface area contributed by atoms with Crippen molar-refractivity contribution in [3.8, 4) is 11.1 Å². The van der Waals surface area contributed by atoms with Gasteiger partial charge < -0.3 is 18.9 Å². The zero-order chi connectivity index (χ0) is 21.6. The molecule has 158 valence electrons. The number of rotatable bonds is 5. The van der Waals surface area contributed by atoms with Crippen LogP contribution in [0.5, 0.6) is 0 Å². The molecule has 0 heterocycles. The summed E-state index contributed by atoms with van der Waals surface area (Å²) in [7, 11) is 6.35. The number of hydrogen-bond donors (Lipinski definition) is 0. The standard InChI is InChI=1S/C20H14.2C3H8O2/c1-3-11-17-15(7-1)9-5-13-19(17)20-14-6-10-16-8-2-4-12-18(16)20;2*1-4-3-5-2/h1-14H;2*3H2,1-2H3. The lowest BCUT2D eigenvalue weighted by atomic mass is 9.94. The molecule has 0 aliphatic rings. The third-order valence-corrected chi connectivity index (χ3v) is 4.34. The van der Waals surface area contributed by atoms with Gasteiger partial charge in [0.15, 0.2) is 0 Å². The Morgan fingerprint density at radius 3 is 1.10 bits per heavy atom. The first-order valence-electron chi connectivity index (χ1n) is 9.68. The zero-order valence-electron chi connectivity index (χ0n) is 18.1. The number of hydrogen-bond acceptors (Lipinski definition) is 4. The monoisotopic (exact) mass is 406 g/mol. The Morgan fingerprint density at radius 1 is 0.433 bits per heavy atom. The fourth-order valence-electron chi connectivity index (χ4n) is 3.16. The first-order valence-corrected chi connectivity index (χ1v) is 9.68. The molecule has 0 bridgehead atoms. The van der Waals surface area contributed by atoms with Crippen LogP contribution in [0.1, 0.15) is 0 Å². The van der Waals surface area contributed by atoms with Gasteiger partial charge in [0.05, 0.1) is 0 Å². The lowest BCUT2D eigenvalue weighted by molar-refractivity contribution is -0.00282. The molecule has 4 rings (SSSR count). The smallest absolute Gasteiger partial charge is 0.145 e. The van der Waals surface area contributed by atoms with Crippen LogP contribution in [0.3, 0.4) is 0 Å². The molecule has 4 heteroatoms. The molecule has 30 heavy (non-hydrogen) atoms. The highest BCUT2D eigenvalue weighted by atomic mass is 16.7. The molecule has 0 saturated heterocycles. The highest BCUT2D eigenvalue weighted by Crippen LogP contribution is 2.33. The summed E-state index contributed by atoms with van der Waals surface area (Å²) in [6, 6.07) is 30.2. The fourth-order valence-corrected chi connectivity index (χ4v) is 3.16. The van der Waals surface area contributed by atoms with Gasteiger partial charge in [0, 0.05) is 28.4 Å². The molecule has 0 saturated carbocycles. The fraction of sp³-hybridized carbons (Fsp3) is 0.231. The average molecular weight is 407 g/mol. The van der Waals surface area contributed by atoms with Gasteiger partial charge in [-0.2, -0.15) is 0 Å². The van der Waals surface area contributed by atoms with Crippen molar-refractivity contribution in [1.29, 1.82) is 0 Å². The third-order valence-electron chi connectivity index (χ3n) is 4.34. The summed E-state index contributed by atoms with van der Waals surface area (Å²) in [4.78, 5) is 0. The summed E-state index contributed by atoms with van der Waals surface area (Å²) in [6.07, 6.45) is 0. The molecule has 4 aromatic rings. The molecule has 0 radical (unpaired) electrons. The van der Waals surface area contributed by atoms with Gasteiger partial charge in [-0.3, -0.25) is 0 Å². The Kier molecular flexibility index (Phi) is 10.6. The molecule has 0 fully saturated rings. The molecule has 0 aliphatic carbocycles. The number of benzene rings is 4. The molecule has 4 nitrogen and oxygen atoms in total. The van der Waals surface area contributed by atoms with Crippen molar-refractivity contribution in [2.24, 2.45) is 0 Å². The van der Waals surface area contributed by atoms with Gasteiger partial charge in [-0.1, -0.05) is 84.9 Å². The second-order valence-electron chi connectivity index (χ2n) is 6.44. The minimum Gasteiger partial charge on any atom is -0.359 e. The van der Waals surface area contributed by atoms with E-state index in [0.29, 0.717) is 13.6 Å². The molecule has 0 unspecified atom stereocenters. The summed E-state index contributed by atoms with van der Waals surface area (Å²) in [5.41, 5.74) is 2.61. The Balaban J connectivity index is 0.000000271. The topological polar surface area (TPSA) is 36.9 Å². The normalized spacial score (nSPS) is 10.1. The lowest BCUT2D eigenvalue weighted by Crippen LogP contribution is -1.87. The van der Waals surface area contributed by atoms with Crippen LogP contribution in [0, 0.1) is 0 Å². The van der Waals surface area contributed by atoms with Crippen LogP contribution in [0.25, 0.3) is 32.7 Å². The van der Waals surface area contributed by atoms with Crippen LogP contribution < -0.4 is 0 Å². The lowest BCUT2D eigenvalue weighted by Gasteiger charge is -2.10. The Hall–Kier alpha value is -2.76. The predicted octanol–water partition coefficient (Wildman–Crippen LogP) is 6.13. The largest absolute Gasteiger partial charge is 0.359 e. The Bertz CT molecular complexity index is 916. The van der Waals surface area contributed by atoms with E-state index in [9.17, 15) is 0 Å². The minimum atomic E-state index is 0.389. The van der Waals surface area contributed by atoms with Crippen molar-refractivity contribution in [3.63, 3.8) is 0 Å². The van der Waals surface area contributed by atoms with Crippen molar-refractivity contribution in [2.75, 3.05) is 42.0 Å². The maximum atomic E-state index is 4.47. The van der Waals surface area contributed by atoms with Gasteiger partial charge >= 0.3 is 0 Å². The molecule has 0 N–H and O–H groups in total. The van der Waals surface area contributed by atoms with Crippen molar-refractivity contribution in [1.82, 2.24) is 0 Å². The van der Waals surface area contributed by atoms with Crippen molar-refractivity contribution in [3.05, 3.63) is 84.9 Å². The maximum Gasteiger partial charge on any atom is 0.145 e. The van der Waals surface area contributed by atoms with Gasteiger partial charge in [-0.05, 0) is 32.7 Å². The summed E-state index contributed by atoms with van der Waals surface area (Å²) >= 11 is 0. The van der Waals surface area contributed by atoms with Crippen LogP contribution in [-0.4, -0.2) is 42.0 Å². The van der Waals surface area contributed by atoms with E-state index in [1.54, 1.807) is 28.4 Å². The van der Waals surface area contributed by atoms with E-state index in [-0.39, 0.29) is 0 Å². The molecule has 0 aromatic heterocycles. The van der Waals surface area contributed by atoms with Gasteiger partial charge in [0.2, 0.25) is 0 Å². The van der Waals surface area contributed by atoms with E-state index in [2.05, 4.69) is 104 Å². The molecule has 0 spiro atoms. The number of methoxy groups -OCH3 is 4. The highest BCUT2D eigenvalue weighted by Gasteiger charge is 2.06. The second-order valence-corrected chi connectivity index (χ2v) is 6.44. The van der Waals surface area contributed by atoms with Crippen LogP contribution in [0.2, 0.25) is 0 Å². The first-order chi connectivity index (χ1) is 14.8. The van der Waals surface area contributed by atoms with E-state index in [1.807, 2.05) is 0 Å². The zero-order valence-corrected chi connectivity index (χ0v) is 18.1. The molecule has 4 aromatic carbocycles. The van der Waals surface area contributed by atoms with Crippen LogP contribution in [-0.2, 0) is 18.9 Å². The van der Waals surface area contributed by atoms with Crippen LogP contribution >= 0.6 is 0 Å². The number of fused-ring (bicyclic) bond motifs is 2. The molecule has 0 aliphatic heterocycles. The summed E-state index contributed by atoms with van der Waals surface area (Å²) in [5.74, 6) is 0. The van der Waals surface area contributed by atoms with Crippen molar-refractivity contribution < 1.29 is 18.9 Å². The van der Waals surface area contributed by atoms with E-state index >= 15 is 0 Å². The predicted molar refractivity (Wildman–Crippen MR) is 125 cm³/mol. The van der Waals surface area contributed by atoms with Gasteiger partial charge in [0.1, 0.15) is 13.6 Å². The highest BCUT2D eigenvalue weighted by molar-refractivity contribution is 6.05. The average Bonchev–Trinajstić information content (AvgIpc) is 2.80. The Morgan fingerprint density at radius 2 is 0.767 bits per heavy atom. The van der Waals surface area contributed by atoms with E-state index < -0.39 is 0 Å². The van der Waals surface area contributed by atoms with E-state index in [4.69, 9.17) is 0 Å². The van der Waals surface area contributed by atoms with Gasteiger partial charge in [-0.15, -0.1) is 0 Å². The van der Waals surface area contributed by atoms with E-state index in [1.165, 1.54) is 32.7 Å². The van der Waals surface area contributed by atoms with E-state index in [0.717, 1.165) is 0 Å². The van der Waals surface area contributed by atoms with Crippen LogP contribution in [0.4, 0.5) is 0 Å². The Labute approximate surface area is 179 Å². The van der Waals surface area contributed by atoms with Gasteiger partial charge in [0.25, 0.3) is 0 Å². The number of ether oxygens (including phenoxy) is 4. The summed E-state index contributed by atoms with van der Waals surface area (Å²) in [5, 5.41) is 5.20. The molecular formula is C26H30O4. The van der Waals surface area contributed by atoms with Crippen molar-refractivity contribution >= 4 is 21.5 Å². The first kappa shape index (κ1) is 23.5. The third kappa shape index (κ3) is 6.65. The quantitative estimate of drug-likeness (QED) is 0.373. The molecule has 0 atom stereocenters.